The number of rotatable bonds is 5. The van der Waals surface area contributed by atoms with Crippen LogP contribution in [-0.2, 0) is 6.54 Å². The van der Waals surface area contributed by atoms with Crippen LogP contribution in [0, 0.1) is 18.3 Å². The van der Waals surface area contributed by atoms with Crippen LogP contribution in [0.2, 0.25) is 5.02 Å². The number of halogens is 1. The predicted octanol–water partition coefficient (Wildman–Crippen LogP) is 4.67. The van der Waals surface area contributed by atoms with Gasteiger partial charge in [-0.15, -0.1) is 0 Å². The molecule has 0 aliphatic heterocycles. The molecule has 2 aromatic carbocycles. The summed E-state index contributed by atoms with van der Waals surface area (Å²) >= 11 is 5.90. The van der Waals surface area contributed by atoms with E-state index in [4.69, 9.17) is 16.9 Å². The van der Waals surface area contributed by atoms with E-state index in [1.54, 1.807) is 12.1 Å². The van der Waals surface area contributed by atoms with E-state index in [9.17, 15) is 0 Å². The Morgan fingerprint density at radius 2 is 1.88 bits per heavy atom. The average molecular weight is 350 g/mol. The van der Waals surface area contributed by atoms with Crippen molar-refractivity contribution in [3.05, 3.63) is 76.4 Å². The van der Waals surface area contributed by atoms with Crippen molar-refractivity contribution in [2.75, 3.05) is 10.6 Å². The number of benzene rings is 2. The Hall–Kier alpha value is -3.10. The zero-order valence-corrected chi connectivity index (χ0v) is 14.4. The molecular weight excluding hydrogens is 334 g/mol. The van der Waals surface area contributed by atoms with Crippen LogP contribution in [0.5, 0.6) is 0 Å². The fraction of sp³-hybridized carbons (Fsp3) is 0.105. The number of nitrogens with one attached hydrogen (secondary N) is 2. The molecule has 124 valence electrons. The van der Waals surface area contributed by atoms with E-state index in [1.807, 2.05) is 49.4 Å². The van der Waals surface area contributed by atoms with Crippen molar-refractivity contribution in [2.24, 2.45) is 0 Å². The lowest BCUT2D eigenvalue weighted by molar-refractivity contribution is 1.03. The highest BCUT2D eigenvalue weighted by molar-refractivity contribution is 6.30. The summed E-state index contributed by atoms with van der Waals surface area (Å²) in [4.78, 5) is 8.88. The van der Waals surface area contributed by atoms with Gasteiger partial charge in [-0.1, -0.05) is 29.8 Å². The lowest BCUT2D eigenvalue weighted by Crippen LogP contribution is -2.06. The topological polar surface area (TPSA) is 73.6 Å². The Balaban J connectivity index is 1.73. The number of aromatic nitrogens is 2. The molecular formula is C19H16ClN5. The molecule has 0 saturated heterocycles. The van der Waals surface area contributed by atoms with E-state index in [2.05, 4.69) is 26.7 Å². The summed E-state index contributed by atoms with van der Waals surface area (Å²) in [7, 11) is 0. The summed E-state index contributed by atoms with van der Waals surface area (Å²) in [5, 5.41) is 16.1. The maximum Gasteiger partial charge on any atom is 0.225 e. The zero-order valence-electron chi connectivity index (χ0n) is 13.6. The van der Waals surface area contributed by atoms with Crippen molar-refractivity contribution >= 4 is 29.1 Å². The van der Waals surface area contributed by atoms with Gasteiger partial charge < -0.3 is 10.6 Å². The third-order valence-corrected chi connectivity index (χ3v) is 3.73. The summed E-state index contributed by atoms with van der Waals surface area (Å²) < 4.78 is 0. The van der Waals surface area contributed by atoms with Gasteiger partial charge in [-0.3, -0.25) is 0 Å². The first-order chi connectivity index (χ1) is 12.1. The Labute approximate surface area is 151 Å². The van der Waals surface area contributed by atoms with Crippen LogP contribution in [0.3, 0.4) is 0 Å². The fourth-order valence-corrected chi connectivity index (χ4v) is 2.44. The highest BCUT2D eigenvalue weighted by Gasteiger charge is 2.04. The van der Waals surface area contributed by atoms with E-state index >= 15 is 0 Å². The monoisotopic (exact) mass is 349 g/mol. The fourth-order valence-electron chi connectivity index (χ4n) is 2.31. The van der Waals surface area contributed by atoms with Crippen molar-refractivity contribution in [3.8, 4) is 6.07 Å². The standard InChI is InChI=1S/C19H16ClN5/c1-13-9-18(24-17-4-2-3-15(10-17)11-21)25-19(23-13)22-12-14-5-7-16(20)8-6-14/h2-10H,12H2,1H3,(H2,22,23,24,25). The van der Waals surface area contributed by atoms with Gasteiger partial charge in [-0.05, 0) is 42.8 Å². The lowest BCUT2D eigenvalue weighted by Gasteiger charge is -2.10. The van der Waals surface area contributed by atoms with Crippen molar-refractivity contribution in [1.29, 1.82) is 5.26 Å². The molecule has 6 heteroatoms. The number of aryl methyl sites for hydroxylation is 1. The Kier molecular flexibility index (Phi) is 5.12. The predicted molar refractivity (Wildman–Crippen MR) is 100.0 cm³/mol. The van der Waals surface area contributed by atoms with Gasteiger partial charge in [-0.25, -0.2) is 4.98 Å². The third kappa shape index (κ3) is 4.69. The maximum atomic E-state index is 8.99. The van der Waals surface area contributed by atoms with Crippen LogP contribution < -0.4 is 10.6 Å². The summed E-state index contributed by atoms with van der Waals surface area (Å²) in [5.41, 5.74) is 3.33. The zero-order chi connectivity index (χ0) is 17.6. The van der Waals surface area contributed by atoms with Gasteiger partial charge in [0.15, 0.2) is 0 Å². The number of nitriles is 1. The Morgan fingerprint density at radius 1 is 1.08 bits per heavy atom. The quantitative estimate of drug-likeness (QED) is 0.700. The van der Waals surface area contributed by atoms with Gasteiger partial charge in [0.2, 0.25) is 5.95 Å². The van der Waals surface area contributed by atoms with Crippen LogP contribution in [0.25, 0.3) is 0 Å². The van der Waals surface area contributed by atoms with Crippen LogP contribution in [-0.4, -0.2) is 9.97 Å². The molecule has 1 aromatic heterocycles. The first-order valence-electron chi connectivity index (χ1n) is 7.73. The van der Waals surface area contributed by atoms with Crippen LogP contribution >= 0.6 is 11.6 Å². The minimum atomic E-state index is 0.536. The van der Waals surface area contributed by atoms with Crippen molar-refractivity contribution in [1.82, 2.24) is 9.97 Å². The highest BCUT2D eigenvalue weighted by atomic mass is 35.5. The van der Waals surface area contributed by atoms with Crippen molar-refractivity contribution in [2.45, 2.75) is 13.5 Å². The number of nitrogens with zero attached hydrogens (tertiary/aromatic N) is 3. The van der Waals surface area contributed by atoms with Crippen molar-refractivity contribution in [3.63, 3.8) is 0 Å². The SMILES string of the molecule is Cc1cc(Nc2cccc(C#N)c2)nc(NCc2ccc(Cl)cc2)n1. The van der Waals surface area contributed by atoms with E-state index in [1.165, 1.54) is 0 Å². The van der Waals surface area contributed by atoms with Gasteiger partial charge in [0, 0.05) is 29.0 Å². The molecule has 0 aliphatic rings. The third-order valence-electron chi connectivity index (χ3n) is 3.48. The second kappa shape index (κ2) is 7.65. The Morgan fingerprint density at radius 3 is 2.64 bits per heavy atom. The summed E-state index contributed by atoms with van der Waals surface area (Å²) in [6, 6.07) is 18.8. The van der Waals surface area contributed by atoms with E-state index in [0.29, 0.717) is 28.9 Å². The second-order valence-corrected chi connectivity index (χ2v) is 5.95. The Bertz CT molecular complexity index is 916. The van der Waals surface area contributed by atoms with Crippen LogP contribution in [0.1, 0.15) is 16.8 Å². The molecule has 2 N–H and O–H groups in total. The molecule has 0 saturated carbocycles. The maximum absolute atomic E-state index is 8.99. The number of hydrogen-bond acceptors (Lipinski definition) is 5. The van der Waals surface area contributed by atoms with Gasteiger partial charge in [0.25, 0.3) is 0 Å². The molecule has 3 aromatic rings. The lowest BCUT2D eigenvalue weighted by atomic mass is 10.2. The molecule has 0 radical (unpaired) electrons. The minimum Gasteiger partial charge on any atom is -0.350 e. The first kappa shape index (κ1) is 16.7. The number of hydrogen-bond donors (Lipinski definition) is 2. The second-order valence-electron chi connectivity index (χ2n) is 5.52. The van der Waals surface area contributed by atoms with E-state index in [0.717, 1.165) is 16.9 Å². The molecule has 1 heterocycles. The minimum absolute atomic E-state index is 0.536. The largest absolute Gasteiger partial charge is 0.350 e. The van der Waals surface area contributed by atoms with E-state index in [-0.39, 0.29) is 0 Å². The van der Waals surface area contributed by atoms with Gasteiger partial charge in [-0.2, -0.15) is 10.2 Å². The molecule has 0 unspecified atom stereocenters. The summed E-state index contributed by atoms with van der Waals surface area (Å²) in [6.07, 6.45) is 0. The molecule has 3 rings (SSSR count). The summed E-state index contributed by atoms with van der Waals surface area (Å²) in [5.74, 6) is 1.20. The molecule has 0 aliphatic carbocycles. The highest BCUT2D eigenvalue weighted by Crippen LogP contribution is 2.18. The van der Waals surface area contributed by atoms with Crippen LogP contribution in [0.15, 0.2) is 54.6 Å². The molecule has 0 fully saturated rings. The number of anilines is 3. The molecule has 0 atom stereocenters. The van der Waals surface area contributed by atoms with Gasteiger partial charge >= 0.3 is 0 Å². The summed E-state index contributed by atoms with van der Waals surface area (Å²) in [6.45, 7) is 2.51. The van der Waals surface area contributed by atoms with Crippen molar-refractivity contribution < 1.29 is 0 Å². The molecule has 5 nitrogen and oxygen atoms in total. The van der Waals surface area contributed by atoms with E-state index < -0.39 is 0 Å². The normalized spacial score (nSPS) is 10.1. The van der Waals surface area contributed by atoms with Gasteiger partial charge in [0.1, 0.15) is 5.82 Å². The average Bonchev–Trinajstić information content (AvgIpc) is 2.61. The molecule has 0 spiro atoms. The van der Waals surface area contributed by atoms with Gasteiger partial charge in [0.05, 0.1) is 11.6 Å². The smallest absolute Gasteiger partial charge is 0.225 e. The first-order valence-corrected chi connectivity index (χ1v) is 8.11. The van der Waals surface area contributed by atoms with Crippen LogP contribution in [0.4, 0.5) is 17.5 Å². The molecule has 0 amide bonds. The molecule has 25 heavy (non-hydrogen) atoms. The molecule has 0 bridgehead atoms.